The number of ether oxygens (including phenoxy) is 1. The Balaban J connectivity index is 1.75. The van der Waals surface area contributed by atoms with Crippen molar-refractivity contribution in [1.29, 1.82) is 0 Å². The van der Waals surface area contributed by atoms with E-state index in [-0.39, 0.29) is 18.0 Å². The van der Waals surface area contributed by atoms with Gasteiger partial charge in [-0.1, -0.05) is 36.0 Å². The topological polar surface area (TPSA) is 71.0 Å². The van der Waals surface area contributed by atoms with Gasteiger partial charge in [-0.2, -0.15) is 0 Å². The fourth-order valence-electron chi connectivity index (χ4n) is 2.85. The number of halogens is 1. The van der Waals surface area contributed by atoms with Gasteiger partial charge >= 0.3 is 0 Å². The third-order valence-electron chi connectivity index (χ3n) is 4.28. The second-order valence-electron chi connectivity index (χ2n) is 6.55. The zero-order valence-electron chi connectivity index (χ0n) is 16.2. The van der Waals surface area contributed by atoms with Crippen LogP contribution in [0.2, 0.25) is 0 Å². The molecule has 6 nitrogen and oxygen atoms in total. The molecule has 1 aliphatic rings. The Morgan fingerprint density at radius 3 is 2.79 bits per heavy atom. The lowest BCUT2D eigenvalue weighted by Gasteiger charge is -2.15. The molecule has 0 spiro atoms. The van der Waals surface area contributed by atoms with E-state index in [9.17, 15) is 14.0 Å². The minimum atomic E-state index is -0.623. The fourth-order valence-corrected chi connectivity index (χ4v) is 4.04. The Hall–Kier alpha value is -2.71. The molecule has 1 saturated heterocycles. The number of carbonyl (C=O) groups is 2. The van der Waals surface area contributed by atoms with Crippen molar-refractivity contribution >= 4 is 40.1 Å². The standard InChI is InChI=1S/C21H22FN3O3S/c1-14-6-5-7-15(12-14)23-21-25(10-11-28-2)20(27)18(29-21)13-19(26)24-17-9-4-3-8-16(17)22/h3-9,12,18H,10-11,13H2,1-2H3,(H,24,26)/t18-/m0/s1. The lowest BCUT2D eigenvalue weighted by atomic mass is 10.2. The second kappa shape index (κ2) is 9.67. The van der Waals surface area contributed by atoms with Crippen LogP contribution in [0.5, 0.6) is 0 Å². The van der Waals surface area contributed by atoms with Crippen LogP contribution in [-0.2, 0) is 14.3 Å². The molecule has 0 radical (unpaired) electrons. The van der Waals surface area contributed by atoms with Crippen molar-refractivity contribution in [2.45, 2.75) is 18.6 Å². The molecular weight excluding hydrogens is 393 g/mol. The predicted molar refractivity (Wildman–Crippen MR) is 113 cm³/mol. The van der Waals surface area contributed by atoms with E-state index in [0.29, 0.717) is 18.3 Å². The van der Waals surface area contributed by atoms with Crippen LogP contribution in [0, 0.1) is 12.7 Å². The van der Waals surface area contributed by atoms with Crippen molar-refractivity contribution in [1.82, 2.24) is 4.90 Å². The molecule has 3 rings (SSSR count). The van der Waals surface area contributed by atoms with Gasteiger partial charge in [-0.15, -0.1) is 0 Å². The predicted octanol–water partition coefficient (Wildman–Crippen LogP) is 3.74. The van der Waals surface area contributed by atoms with Crippen molar-refractivity contribution in [3.05, 3.63) is 59.9 Å². The first-order chi connectivity index (χ1) is 14.0. The number of para-hydroxylation sites is 1. The van der Waals surface area contributed by atoms with Crippen LogP contribution >= 0.6 is 11.8 Å². The smallest absolute Gasteiger partial charge is 0.242 e. The summed E-state index contributed by atoms with van der Waals surface area (Å²) >= 11 is 1.24. The highest BCUT2D eigenvalue weighted by Gasteiger charge is 2.39. The zero-order valence-corrected chi connectivity index (χ0v) is 17.0. The van der Waals surface area contributed by atoms with Gasteiger partial charge in [0.2, 0.25) is 11.8 Å². The Morgan fingerprint density at radius 2 is 2.07 bits per heavy atom. The first kappa shape index (κ1) is 21.0. The number of methoxy groups -OCH3 is 1. The van der Waals surface area contributed by atoms with E-state index < -0.39 is 17.0 Å². The van der Waals surface area contributed by atoms with E-state index in [4.69, 9.17) is 4.74 Å². The van der Waals surface area contributed by atoms with Crippen LogP contribution in [0.1, 0.15) is 12.0 Å². The Morgan fingerprint density at radius 1 is 1.28 bits per heavy atom. The summed E-state index contributed by atoms with van der Waals surface area (Å²) in [5, 5.41) is 2.43. The molecule has 29 heavy (non-hydrogen) atoms. The number of thioether (sulfide) groups is 1. The fraction of sp³-hybridized carbons (Fsp3) is 0.286. The van der Waals surface area contributed by atoms with Gasteiger partial charge in [0.05, 0.1) is 24.5 Å². The quantitative estimate of drug-likeness (QED) is 0.748. The minimum absolute atomic E-state index is 0.0752. The van der Waals surface area contributed by atoms with Gasteiger partial charge in [-0.05, 0) is 36.8 Å². The van der Waals surface area contributed by atoms with Gasteiger partial charge in [0, 0.05) is 13.5 Å². The first-order valence-electron chi connectivity index (χ1n) is 9.14. The molecule has 1 heterocycles. The van der Waals surface area contributed by atoms with Crippen molar-refractivity contribution in [3.8, 4) is 0 Å². The van der Waals surface area contributed by atoms with Crippen LogP contribution in [0.3, 0.4) is 0 Å². The van der Waals surface area contributed by atoms with Crippen LogP contribution in [0.4, 0.5) is 15.8 Å². The van der Waals surface area contributed by atoms with Crippen molar-refractivity contribution in [3.63, 3.8) is 0 Å². The molecule has 0 saturated carbocycles. The van der Waals surface area contributed by atoms with Crippen LogP contribution < -0.4 is 5.32 Å². The summed E-state index contributed by atoms with van der Waals surface area (Å²) in [7, 11) is 1.56. The average Bonchev–Trinajstić information content (AvgIpc) is 2.96. The summed E-state index contributed by atoms with van der Waals surface area (Å²) in [6.45, 7) is 2.67. The number of aliphatic imine (C=N–C) groups is 1. The van der Waals surface area contributed by atoms with Crippen molar-refractivity contribution in [2.75, 3.05) is 25.6 Å². The molecule has 2 amide bonds. The molecule has 2 aromatic rings. The van der Waals surface area contributed by atoms with Gasteiger partial charge in [0.1, 0.15) is 11.1 Å². The molecule has 1 aliphatic heterocycles. The molecule has 1 fully saturated rings. The zero-order chi connectivity index (χ0) is 20.8. The van der Waals surface area contributed by atoms with Crippen LogP contribution in [-0.4, -0.2) is 47.4 Å². The molecule has 0 aromatic heterocycles. The SMILES string of the molecule is COCCN1C(=O)[C@H](CC(=O)Nc2ccccc2F)SC1=Nc1cccc(C)c1. The summed E-state index contributed by atoms with van der Waals surface area (Å²) in [6.07, 6.45) is -0.0752. The first-order valence-corrected chi connectivity index (χ1v) is 10.0. The number of nitrogens with one attached hydrogen (secondary N) is 1. The maximum atomic E-state index is 13.8. The number of amides is 2. The number of hydrogen-bond acceptors (Lipinski definition) is 5. The van der Waals surface area contributed by atoms with E-state index in [2.05, 4.69) is 10.3 Å². The normalized spacial score (nSPS) is 17.8. The van der Waals surface area contributed by atoms with Gasteiger partial charge in [0.15, 0.2) is 5.17 Å². The number of benzene rings is 2. The summed E-state index contributed by atoms with van der Waals surface area (Å²) in [5.74, 6) is -1.15. The largest absolute Gasteiger partial charge is 0.383 e. The minimum Gasteiger partial charge on any atom is -0.383 e. The lowest BCUT2D eigenvalue weighted by Crippen LogP contribution is -2.35. The Labute approximate surface area is 173 Å². The third-order valence-corrected chi connectivity index (χ3v) is 5.46. The van der Waals surface area contributed by atoms with Gasteiger partial charge in [-0.3, -0.25) is 14.5 Å². The Bertz CT molecular complexity index is 935. The molecule has 1 N–H and O–H groups in total. The number of carbonyl (C=O) groups excluding carboxylic acids is 2. The summed E-state index contributed by atoms with van der Waals surface area (Å²) in [6, 6.07) is 13.6. The highest BCUT2D eigenvalue weighted by atomic mass is 32.2. The number of anilines is 1. The van der Waals surface area contributed by atoms with Crippen LogP contribution in [0.15, 0.2) is 53.5 Å². The van der Waals surface area contributed by atoms with E-state index >= 15 is 0 Å². The van der Waals surface area contributed by atoms with Gasteiger partial charge in [-0.25, -0.2) is 9.38 Å². The van der Waals surface area contributed by atoms with E-state index in [1.54, 1.807) is 19.2 Å². The Kier molecular flexibility index (Phi) is 7.00. The number of nitrogens with zero attached hydrogens (tertiary/aromatic N) is 2. The monoisotopic (exact) mass is 415 g/mol. The number of rotatable bonds is 7. The van der Waals surface area contributed by atoms with E-state index in [1.807, 2.05) is 31.2 Å². The highest BCUT2D eigenvalue weighted by molar-refractivity contribution is 8.15. The lowest BCUT2D eigenvalue weighted by molar-refractivity contribution is -0.128. The molecule has 1 atom stereocenters. The maximum absolute atomic E-state index is 13.8. The number of hydrogen-bond donors (Lipinski definition) is 1. The van der Waals surface area contributed by atoms with Crippen LogP contribution in [0.25, 0.3) is 0 Å². The summed E-state index contributed by atoms with van der Waals surface area (Å²) < 4.78 is 18.8. The van der Waals surface area contributed by atoms with Gasteiger partial charge < -0.3 is 10.1 Å². The molecule has 0 unspecified atom stereocenters. The van der Waals surface area contributed by atoms with Gasteiger partial charge in [0.25, 0.3) is 0 Å². The molecule has 0 aliphatic carbocycles. The average molecular weight is 415 g/mol. The van der Waals surface area contributed by atoms with Crippen molar-refractivity contribution < 1.29 is 18.7 Å². The summed E-state index contributed by atoms with van der Waals surface area (Å²) in [5.41, 5.74) is 1.89. The molecule has 2 aromatic carbocycles. The number of aryl methyl sites for hydroxylation is 1. The third kappa shape index (κ3) is 5.42. The molecule has 8 heteroatoms. The number of amidine groups is 1. The second-order valence-corrected chi connectivity index (χ2v) is 7.72. The molecular formula is C21H22FN3O3S. The van der Waals surface area contributed by atoms with E-state index in [1.165, 1.54) is 28.8 Å². The summed E-state index contributed by atoms with van der Waals surface area (Å²) in [4.78, 5) is 31.4. The molecule has 0 bridgehead atoms. The molecule has 152 valence electrons. The van der Waals surface area contributed by atoms with Crippen molar-refractivity contribution in [2.24, 2.45) is 4.99 Å². The highest BCUT2D eigenvalue weighted by Crippen LogP contribution is 2.32. The van der Waals surface area contributed by atoms with E-state index in [0.717, 1.165) is 11.3 Å². The maximum Gasteiger partial charge on any atom is 0.242 e.